The van der Waals surface area contributed by atoms with Crippen molar-refractivity contribution in [1.29, 1.82) is 0 Å². The topological polar surface area (TPSA) is 51.2 Å². The molecule has 0 saturated heterocycles. The van der Waals surface area contributed by atoms with Gasteiger partial charge in [-0.1, -0.05) is 36.4 Å². The van der Waals surface area contributed by atoms with Gasteiger partial charge in [-0.25, -0.2) is 4.98 Å². The SMILES string of the molecule is COc1cccc(C(=O)NCCc2ccccc2)n1. The van der Waals surface area contributed by atoms with E-state index < -0.39 is 0 Å². The maximum absolute atomic E-state index is 11.9. The zero-order chi connectivity index (χ0) is 13.5. The van der Waals surface area contributed by atoms with Crippen molar-refractivity contribution >= 4 is 5.91 Å². The Kier molecular flexibility index (Phi) is 4.50. The summed E-state index contributed by atoms with van der Waals surface area (Å²) >= 11 is 0. The summed E-state index contributed by atoms with van der Waals surface area (Å²) in [5.74, 6) is 0.255. The van der Waals surface area contributed by atoms with E-state index in [-0.39, 0.29) is 5.91 Å². The Hall–Kier alpha value is -2.36. The van der Waals surface area contributed by atoms with Crippen molar-refractivity contribution < 1.29 is 9.53 Å². The first-order chi connectivity index (χ1) is 9.29. The van der Waals surface area contributed by atoms with Crippen LogP contribution in [0, 0.1) is 0 Å². The number of hydrogen-bond acceptors (Lipinski definition) is 3. The first kappa shape index (κ1) is 13.1. The molecule has 0 aliphatic rings. The number of nitrogens with one attached hydrogen (secondary N) is 1. The molecule has 0 bridgehead atoms. The van der Waals surface area contributed by atoms with Gasteiger partial charge in [0.05, 0.1) is 7.11 Å². The van der Waals surface area contributed by atoms with Crippen LogP contribution in [0.4, 0.5) is 0 Å². The van der Waals surface area contributed by atoms with Crippen LogP contribution in [-0.4, -0.2) is 24.5 Å². The summed E-state index contributed by atoms with van der Waals surface area (Å²) in [7, 11) is 1.53. The molecule has 1 heterocycles. The molecule has 0 spiro atoms. The first-order valence-electron chi connectivity index (χ1n) is 6.13. The van der Waals surface area contributed by atoms with Gasteiger partial charge in [-0.2, -0.15) is 0 Å². The van der Waals surface area contributed by atoms with Gasteiger partial charge in [0.15, 0.2) is 0 Å². The number of pyridine rings is 1. The van der Waals surface area contributed by atoms with Crippen molar-refractivity contribution in [3.8, 4) is 5.88 Å². The Bertz CT molecular complexity index is 541. The number of ether oxygens (including phenoxy) is 1. The molecular weight excluding hydrogens is 240 g/mol. The Morgan fingerprint density at radius 2 is 1.95 bits per heavy atom. The van der Waals surface area contributed by atoms with Gasteiger partial charge in [0.25, 0.3) is 5.91 Å². The molecule has 2 aromatic rings. The molecule has 1 N–H and O–H groups in total. The van der Waals surface area contributed by atoms with Crippen LogP contribution in [-0.2, 0) is 6.42 Å². The fourth-order valence-electron chi connectivity index (χ4n) is 1.71. The zero-order valence-electron chi connectivity index (χ0n) is 10.8. The van der Waals surface area contributed by atoms with Crippen LogP contribution in [0.15, 0.2) is 48.5 Å². The number of benzene rings is 1. The molecule has 0 aliphatic heterocycles. The molecule has 0 aliphatic carbocycles. The zero-order valence-corrected chi connectivity index (χ0v) is 10.8. The maximum Gasteiger partial charge on any atom is 0.270 e. The van der Waals surface area contributed by atoms with Crippen molar-refractivity contribution in [2.75, 3.05) is 13.7 Å². The van der Waals surface area contributed by atoms with Gasteiger partial charge in [-0.15, -0.1) is 0 Å². The quantitative estimate of drug-likeness (QED) is 0.891. The number of rotatable bonds is 5. The Morgan fingerprint density at radius 1 is 1.16 bits per heavy atom. The standard InChI is InChI=1S/C15H16N2O2/c1-19-14-9-5-8-13(17-14)15(18)16-11-10-12-6-3-2-4-7-12/h2-9H,10-11H2,1H3,(H,16,18). The van der Waals surface area contributed by atoms with E-state index in [1.54, 1.807) is 18.2 Å². The molecule has 0 atom stereocenters. The molecule has 1 aromatic carbocycles. The van der Waals surface area contributed by atoms with Crippen molar-refractivity contribution in [1.82, 2.24) is 10.3 Å². The monoisotopic (exact) mass is 256 g/mol. The van der Waals surface area contributed by atoms with E-state index in [0.717, 1.165) is 6.42 Å². The molecule has 0 unspecified atom stereocenters. The van der Waals surface area contributed by atoms with Crippen molar-refractivity contribution in [2.24, 2.45) is 0 Å². The van der Waals surface area contributed by atoms with Crippen molar-refractivity contribution in [3.63, 3.8) is 0 Å². The molecule has 4 heteroatoms. The second-order valence-corrected chi connectivity index (χ2v) is 4.06. The summed E-state index contributed by atoms with van der Waals surface area (Å²) in [6.45, 7) is 0.585. The van der Waals surface area contributed by atoms with Gasteiger partial charge in [0, 0.05) is 12.6 Å². The molecule has 4 nitrogen and oxygen atoms in total. The van der Waals surface area contributed by atoms with Crippen molar-refractivity contribution in [3.05, 3.63) is 59.8 Å². The summed E-state index contributed by atoms with van der Waals surface area (Å²) < 4.78 is 4.99. The largest absolute Gasteiger partial charge is 0.481 e. The third-order valence-electron chi connectivity index (χ3n) is 2.71. The minimum Gasteiger partial charge on any atom is -0.481 e. The normalized spacial score (nSPS) is 9.95. The Balaban J connectivity index is 1.87. The maximum atomic E-state index is 11.9. The van der Waals surface area contributed by atoms with Crippen LogP contribution in [0.25, 0.3) is 0 Å². The van der Waals surface area contributed by atoms with E-state index in [2.05, 4.69) is 10.3 Å². The predicted molar refractivity (Wildman–Crippen MR) is 73.3 cm³/mol. The van der Waals surface area contributed by atoms with Crippen LogP contribution >= 0.6 is 0 Å². The second kappa shape index (κ2) is 6.54. The molecule has 0 radical (unpaired) electrons. The lowest BCUT2D eigenvalue weighted by Crippen LogP contribution is -2.26. The molecule has 2 rings (SSSR count). The predicted octanol–water partition coefficient (Wildman–Crippen LogP) is 2.06. The highest BCUT2D eigenvalue weighted by molar-refractivity contribution is 5.92. The van der Waals surface area contributed by atoms with Gasteiger partial charge in [-0.3, -0.25) is 4.79 Å². The molecule has 0 saturated carbocycles. The summed E-state index contributed by atoms with van der Waals surface area (Å²) in [5.41, 5.74) is 1.56. The van der Waals surface area contributed by atoms with E-state index in [1.807, 2.05) is 30.3 Å². The highest BCUT2D eigenvalue weighted by Gasteiger charge is 2.07. The van der Waals surface area contributed by atoms with E-state index >= 15 is 0 Å². The van der Waals surface area contributed by atoms with E-state index in [4.69, 9.17) is 4.74 Å². The van der Waals surface area contributed by atoms with Crippen LogP contribution in [0.2, 0.25) is 0 Å². The molecule has 19 heavy (non-hydrogen) atoms. The van der Waals surface area contributed by atoms with Gasteiger partial charge < -0.3 is 10.1 Å². The number of nitrogens with zero attached hydrogens (tertiary/aromatic N) is 1. The number of carbonyl (C=O) groups excluding carboxylic acids is 1. The number of hydrogen-bond donors (Lipinski definition) is 1. The molecular formula is C15H16N2O2. The number of methoxy groups -OCH3 is 1. The third kappa shape index (κ3) is 3.81. The van der Waals surface area contributed by atoms with Crippen molar-refractivity contribution in [2.45, 2.75) is 6.42 Å². The lowest BCUT2D eigenvalue weighted by Gasteiger charge is -2.06. The first-order valence-corrected chi connectivity index (χ1v) is 6.13. The minimum atomic E-state index is -0.185. The summed E-state index contributed by atoms with van der Waals surface area (Å²) in [6, 6.07) is 15.1. The molecule has 1 aromatic heterocycles. The van der Waals surface area contributed by atoms with Gasteiger partial charge in [0.1, 0.15) is 5.69 Å². The van der Waals surface area contributed by atoms with E-state index in [9.17, 15) is 4.79 Å². The second-order valence-electron chi connectivity index (χ2n) is 4.06. The van der Waals surface area contributed by atoms with E-state index in [0.29, 0.717) is 18.1 Å². The van der Waals surface area contributed by atoms with Crippen LogP contribution < -0.4 is 10.1 Å². The molecule has 98 valence electrons. The highest BCUT2D eigenvalue weighted by Crippen LogP contribution is 2.06. The average molecular weight is 256 g/mol. The smallest absolute Gasteiger partial charge is 0.270 e. The van der Waals surface area contributed by atoms with Crippen LogP contribution in [0.1, 0.15) is 16.1 Å². The average Bonchev–Trinajstić information content (AvgIpc) is 2.48. The van der Waals surface area contributed by atoms with E-state index in [1.165, 1.54) is 12.7 Å². The lowest BCUT2D eigenvalue weighted by molar-refractivity contribution is 0.0948. The Labute approximate surface area is 112 Å². The summed E-state index contributed by atoms with van der Waals surface area (Å²) in [4.78, 5) is 16.0. The van der Waals surface area contributed by atoms with Gasteiger partial charge in [-0.05, 0) is 18.1 Å². The summed E-state index contributed by atoms with van der Waals surface area (Å²) in [6.07, 6.45) is 0.802. The number of amides is 1. The van der Waals surface area contributed by atoms with Crippen LogP contribution in [0.3, 0.4) is 0 Å². The fraction of sp³-hybridized carbons (Fsp3) is 0.200. The fourth-order valence-corrected chi connectivity index (χ4v) is 1.71. The number of carbonyl (C=O) groups is 1. The number of aromatic nitrogens is 1. The third-order valence-corrected chi connectivity index (χ3v) is 2.71. The van der Waals surface area contributed by atoms with Gasteiger partial charge in [0.2, 0.25) is 5.88 Å². The van der Waals surface area contributed by atoms with Crippen LogP contribution in [0.5, 0.6) is 5.88 Å². The van der Waals surface area contributed by atoms with Gasteiger partial charge >= 0.3 is 0 Å². The minimum absolute atomic E-state index is 0.185. The molecule has 0 fully saturated rings. The highest BCUT2D eigenvalue weighted by atomic mass is 16.5. The molecule has 1 amide bonds. The lowest BCUT2D eigenvalue weighted by atomic mass is 10.1. The summed E-state index contributed by atoms with van der Waals surface area (Å²) in [5, 5.41) is 2.84. The Morgan fingerprint density at radius 3 is 2.68 bits per heavy atom.